The summed E-state index contributed by atoms with van der Waals surface area (Å²) in [7, 11) is 0. The Kier molecular flexibility index (Phi) is 9.79. The van der Waals surface area contributed by atoms with Crippen LogP contribution in [0, 0.1) is 5.82 Å². The molecule has 3 aromatic rings. The maximum atomic E-state index is 14.7. The molecule has 35 heavy (non-hydrogen) atoms. The number of aliphatic imine (C=N–C) groups is 1. The average molecular weight is 477 g/mol. The summed E-state index contributed by atoms with van der Waals surface area (Å²) in [6, 6.07) is 18.9. The monoisotopic (exact) mass is 476 g/mol. The minimum absolute atomic E-state index is 0.00857. The maximum absolute atomic E-state index is 14.7. The van der Waals surface area contributed by atoms with Gasteiger partial charge in [-0.2, -0.15) is 0 Å². The first kappa shape index (κ1) is 26.4. The van der Waals surface area contributed by atoms with Crippen molar-refractivity contribution >= 4 is 22.6 Å². The van der Waals surface area contributed by atoms with Crippen molar-refractivity contribution in [1.82, 2.24) is 10.2 Å². The molecule has 3 N–H and O–H groups in total. The Balaban J connectivity index is 1.63. The zero-order chi connectivity index (χ0) is 25.2. The molecule has 1 unspecified atom stereocenters. The molecule has 3 aromatic carbocycles. The Hall–Kier alpha value is -3.25. The van der Waals surface area contributed by atoms with E-state index in [0.29, 0.717) is 18.4 Å². The highest BCUT2D eigenvalue weighted by atomic mass is 19.1. The van der Waals surface area contributed by atoms with E-state index in [1.165, 1.54) is 11.5 Å². The summed E-state index contributed by atoms with van der Waals surface area (Å²) in [4.78, 5) is 19.7. The first-order valence-corrected chi connectivity index (χ1v) is 12.5. The highest BCUT2D eigenvalue weighted by molar-refractivity contribution is 6.06. The van der Waals surface area contributed by atoms with Gasteiger partial charge in [0.2, 0.25) is 0 Å². The number of rotatable bonds is 11. The number of fused-ring (bicyclic) bond motifs is 1. The van der Waals surface area contributed by atoms with Crippen LogP contribution in [0.4, 0.5) is 4.39 Å². The number of guanidine groups is 1. The quantitative estimate of drug-likeness (QED) is 0.291. The van der Waals surface area contributed by atoms with Crippen molar-refractivity contribution in [3.05, 3.63) is 83.2 Å². The lowest BCUT2D eigenvalue weighted by Crippen LogP contribution is -2.38. The van der Waals surface area contributed by atoms with Crippen molar-refractivity contribution in [2.24, 2.45) is 10.7 Å². The number of nitrogens with one attached hydrogen (secondary N) is 1. The van der Waals surface area contributed by atoms with Crippen molar-refractivity contribution in [2.75, 3.05) is 19.6 Å². The third-order valence-electron chi connectivity index (χ3n) is 6.43. The van der Waals surface area contributed by atoms with Crippen LogP contribution in [0.3, 0.4) is 0 Å². The Morgan fingerprint density at radius 1 is 1.03 bits per heavy atom. The number of benzene rings is 3. The fourth-order valence-corrected chi connectivity index (χ4v) is 4.36. The van der Waals surface area contributed by atoms with E-state index in [-0.39, 0.29) is 17.6 Å². The van der Waals surface area contributed by atoms with Gasteiger partial charge >= 0.3 is 0 Å². The first-order valence-electron chi connectivity index (χ1n) is 12.5. The van der Waals surface area contributed by atoms with Crippen LogP contribution in [-0.4, -0.2) is 42.4 Å². The SMILES string of the molecule is CCN(CC)CCCC(C)N=C(N)NC(=O)c1cccc(F)c1CCc1ccc2ccccc2c1. The van der Waals surface area contributed by atoms with Gasteiger partial charge in [0.1, 0.15) is 5.82 Å². The van der Waals surface area contributed by atoms with Crippen molar-refractivity contribution in [3.8, 4) is 0 Å². The predicted molar refractivity (Wildman–Crippen MR) is 143 cm³/mol. The van der Waals surface area contributed by atoms with Crippen molar-refractivity contribution < 1.29 is 9.18 Å². The Labute approximate surface area is 208 Å². The molecule has 0 aromatic heterocycles. The largest absolute Gasteiger partial charge is 0.370 e. The molecule has 1 amide bonds. The molecule has 0 saturated carbocycles. The number of hydrogen-bond donors (Lipinski definition) is 2. The van der Waals surface area contributed by atoms with Gasteiger partial charge in [-0.25, -0.2) is 4.39 Å². The normalized spacial score (nSPS) is 12.8. The van der Waals surface area contributed by atoms with Gasteiger partial charge in [0.05, 0.1) is 6.04 Å². The molecule has 0 aliphatic heterocycles. The summed E-state index contributed by atoms with van der Waals surface area (Å²) >= 11 is 0. The molecule has 0 fully saturated rings. The van der Waals surface area contributed by atoms with Gasteiger partial charge in [-0.15, -0.1) is 0 Å². The van der Waals surface area contributed by atoms with E-state index in [1.54, 1.807) is 12.1 Å². The van der Waals surface area contributed by atoms with Gasteiger partial charge in [-0.3, -0.25) is 15.1 Å². The lowest BCUT2D eigenvalue weighted by atomic mass is 9.97. The molecule has 0 aliphatic rings. The van der Waals surface area contributed by atoms with Crippen LogP contribution in [0.25, 0.3) is 10.8 Å². The van der Waals surface area contributed by atoms with Gasteiger partial charge in [0.15, 0.2) is 5.96 Å². The van der Waals surface area contributed by atoms with Gasteiger partial charge in [0, 0.05) is 11.1 Å². The molecule has 0 radical (unpaired) electrons. The second kappa shape index (κ2) is 13.0. The molecule has 5 nitrogen and oxygen atoms in total. The molecule has 3 rings (SSSR count). The fourth-order valence-electron chi connectivity index (χ4n) is 4.36. The summed E-state index contributed by atoms with van der Waals surface area (Å²) in [6.45, 7) is 9.37. The summed E-state index contributed by atoms with van der Waals surface area (Å²) < 4.78 is 14.7. The first-order chi connectivity index (χ1) is 16.9. The minimum atomic E-state index is -0.436. The van der Waals surface area contributed by atoms with Gasteiger partial charge < -0.3 is 10.6 Å². The number of carbonyl (C=O) groups excluding carboxylic acids is 1. The molecular formula is C29H37FN4O. The van der Waals surface area contributed by atoms with Crippen LogP contribution in [-0.2, 0) is 12.8 Å². The molecule has 0 spiro atoms. The van der Waals surface area contributed by atoms with Crippen molar-refractivity contribution in [3.63, 3.8) is 0 Å². The van der Waals surface area contributed by atoms with E-state index in [1.807, 2.05) is 19.1 Å². The number of nitrogens with two attached hydrogens (primary N) is 1. The summed E-state index contributed by atoms with van der Waals surface area (Å²) in [5.41, 5.74) is 7.79. The number of aryl methyl sites for hydroxylation is 1. The lowest BCUT2D eigenvalue weighted by molar-refractivity contribution is 0.0975. The second-order valence-electron chi connectivity index (χ2n) is 8.93. The molecule has 1 atom stereocenters. The van der Waals surface area contributed by atoms with Gasteiger partial charge in [-0.1, -0.05) is 62.4 Å². The zero-order valence-corrected chi connectivity index (χ0v) is 21.1. The highest BCUT2D eigenvalue weighted by Gasteiger charge is 2.16. The maximum Gasteiger partial charge on any atom is 0.258 e. The Bertz CT molecular complexity index is 1160. The van der Waals surface area contributed by atoms with Crippen LogP contribution in [0.2, 0.25) is 0 Å². The molecule has 186 valence electrons. The van der Waals surface area contributed by atoms with Crippen LogP contribution < -0.4 is 11.1 Å². The lowest BCUT2D eigenvalue weighted by Gasteiger charge is -2.18. The van der Waals surface area contributed by atoms with Crippen LogP contribution in [0.1, 0.15) is 55.1 Å². The number of amides is 1. The molecule has 6 heteroatoms. The smallest absolute Gasteiger partial charge is 0.258 e. The third-order valence-corrected chi connectivity index (χ3v) is 6.43. The number of nitrogens with zero attached hydrogens (tertiary/aromatic N) is 2. The second-order valence-corrected chi connectivity index (χ2v) is 8.93. The van der Waals surface area contributed by atoms with E-state index >= 15 is 0 Å². The molecule has 0 bridgehead atoms. The number of hydrogen-bond acceptors (Lipinski definition) is 3. The topological polar surface area (TPSA) is 70.7 Å². The van der Waals surface area contributed by atoms with Gasteiger partial charge in [0.25, 0.3) is 5.91 Å². The summed E-state index contributed by atoms with van der Waals surface area (Å²) in [5, 5.41) is 4.96. The van der Waals surface area contributed by atoms with E-state index in [9.17, 15) is 9.18 Å². The zero-order valence-electron chi connectivity index (χ0n) is 21.1. The highest BCUT2D eigenvalue weighted by Crippen LogP contribution is 2.20. The fraction of sp³-hybridized carbons (Fsp3) is 0.379. The van der Waals surface area contributed by atoms with E-state index in [2.05, 4.69) is 59.4 Å². The van der Waals surface area contributed by atoms with Crippen LogP contribution in [0.5, 0.6) is 0 Å². The number of carbonyl (C=O) groups is 1. The van der Waals surface area contributed by atoms with Crippen LogP contribution >= 0.6 is 0 Å². The van der Waals surface area contributed by atoms with Crippen molar-refractivity contribution in [2.45, 2.75) is 52.5 Å². The molecular weight excluding hydrogens is 439 g/mol. The molecule has 0 heterocycles. The summed E-state index contributed by atoms with van der Waals surface area (Å²) in [6.07, 6.45) is 2.92. The van der Waals surface area contributed by atoms with Crippen LogP contribution in [0.15, 0.2) is 65.7 Å². The third kappa shape index (κ3) is 7.62. The molecule has 0 saturated heterocycles. The summed E-state index contributed by atoms with van der Waals surface area (Å²) in [5.74, 6) is -0.761. The Morgan fingerprint density at radius 3 is 2.51 bits per heavy atom. The van der Waals surface area contributed by atoms with E-state index < -0.39 is 11.7 Å². The van der Waals surface area contributed by atoms with Gasteiger partial charge in [-0.05, 0) is 80.7 Å². The number of halogens is 1. The molecule has 0 aliphatic carbocycles. The Morgan fingerprint density at radius 2 is 1.77 bits per heavy atom. The van der Waals surface area contributed by atoms with E-state index in [0.717, 1.165) is 43.4 Å². The standard InChI is InChI=1S/C29H37FN4O/c1-4-34(5-2)19-9-10-21(3)32-29(31)33-28(35)26-13-8-14-27(30)25(26)18-16-22-15-17-23-11-6-7-12-24(23)20-22/h6-8,11-15,17,20-21H,4-5,9-10,16,18-19H2,1-3H3,(H3,31,32,33,35). The minimum Gasteiger partial charge on any atom is -0.370 e. The van der Waals surface area contributed by atoms with E-state index in [4.69, 9.17) is 5.73 Å². The predicted octanol–water partition coefficient (Wildman–Crippen LogP) is 5.32. The average Bonchev–Trinajstić information content (AvgIpc) is 2.85. The van der Waals surface area contributed by atoms with Crippen molar-refractivity contribution in [1.29, 1.82) is 0 Å².